The average molecular weight is 496 g/mol. The number of anilines is 1. The molecule has 4 rings (SSSR count). The SMILES string of the molecule is CC(CC(F)(F)F)C(=O)N1CCC(O)(Cn2ccc3nc(N(C)C)ncc3c2=O)C2(CCCC2)C1. The lowest BCUT2D eigenvalue weighted by molar-refractivity contribution is -0.172. The third-order valence-corrected chi connectivity index (χ3v) is 7.65. The summed E-state index contributed by atoms with van der Waals surface area (Å²) in [5, 5.41) is 12.2. The van der Waals surface area contributed by atoms with Gasteiger partial charge in [0.25, 0.3) is 5.56 Å². The number of pyridine rings is 1. The number of fused-ring (bicyclic) bond motifs is 1. The predicted molar refractivity (Wildman–Crippen MR) is 125 cm³/mol. The van der Waals surface area contributed by atoms with Crippen LogP contribution in [0.2, 0.25) is 0 Å². The molecule has 0 radical (unpaired) electrons. The van der Waals surface area contributed by atoms with E-state index in [9.17, 15) is 27.9 Å². The first-order valence-corrected chi connectivity index (χ1v) is 12.0. The number of hydrogen-bond donors (Lipinski definition) is 1. The number of likely N-dealkylation sites (tertiary alicyclic amines) is 1. The quantitative estimate of drug-likeness (QED) is 0.686. The van der Waals surface area contributed by atoms with E-state index in [1.54, 1.807) is 31.3 Å². The Morgan fingerprint density at radius 2 is 1.94 bits per heavy atom. The molecule has 2 unspecified atom stereocenters. The number of carbonyl (C=O) groups excluding carboxylic acids is 1. The highest BCUT2D eigenvalue weighted by atomic mass is 19.4. The van der Waals surface area contributed by atoms with Crippen LogP contribution in [0.15, 0.2) is 23.3 Å². The van der Waals surface area contributed by atoms with E-state index in [1.807, 2.05) is 0 Å². The van der Waals surface area contributed by atoms with Gasteiger partial charge in [0, 0.05) is 50.9 Å². The largest absolute Gasteiger partial charge is 0.389 e. The van der Waals surface area contributed by atoms with Crippen LogP contribution in [0, 0.1) is 11.3 Å². The van der Waals surface area contributed by atoms with Crippen LogP contribution in [0.3, 0.4) is 0 Å². The van der Waals surface area contributed by atoms with Gasteiger partial charge in [0.1, 0.15) is 0 Å². The Balaban J connectivity index is 1.60. The lowest BCUT2D eigenvalue weighted by atomic mass is 9.65. The Labute approximate surface area is 201 Å². The van der Waals surface area contributed by atoms with E-state index in [-0.39, 0.29) is 31.6 Å². The van der Waals surface area contributed by atoms with Gasteiger partial charge in [0.15, 0.2) is 0 Å². The van der Waals surface area contributed by atoms with E-state index in [1.165, 1.54) is 22.6 Å². The molecule has 2 fully saturated rings. The van der Waals surface area contributed by atoms with Crippen molar-refractivity contribution in [2.75, 3.05) is 32.1 Å². The summed E-state index contributed by atoms with van der Waals surface area (Å²) in [6.45, 7) is 1.69. The maximum atomic E-state index is 13.2. The van der Waals surface area contributed by atoms with Crippen molar-refractivity contribution < 1.29 is 23.1 Å². The van der Waals surface area contributed by atoms with E-state index < -0.39 is 35.4 Å². The Kier molecular flexibility index (Phi) is 6.58. The molecule has 1 saturated carbocycles. The number of amides is 1. The van der Waals surface area contributed by atoms with Crippen molar-refractivity contribution in [2.24, 2.45) is 11.3 Å². The van der Waals surface area contributed by atoms with E-state index in [4.69, 9.17) is 0 Å². The van der Waals surface area contributed by atoms with Gasteiger partial charge in [0.05, 0.1) is 29.5 Å². The topological polar surface area (TPSA) is 91.6 Å². The van der Waals surface area contributed by atoms with Crippen molar-refractivity contribution in [3.05, 3.63) is 28.8 Å². The summed E-state index contributed by atoms with van der Waals surface area (Å²) in [5.41, 5.74) is -1.74. The monoisotopic (exact) mass is 495 g/mol. The fraction of sp³-hybridized carbons (Fsp3) is 0.667. The number of carbonyl (C=O) groups is 1. The molecule has 1 amide bonds. The first-order chi connectivity index (χ1) is 16.3. The first kappa shape index (κ1) is 25.4. The molecule has 0 aromatic carbocycles. The maximum absolute atomic E-state index is 13.2. The number of aliphatic hydroxyl groups is 1. The molecule has 3 heterocycles. The fourth-order valence-corrected chi connectivity index (χ4v) is 5.71. The molecule has 1 aliphatic carbocycles. The number of halogens is 3. The van der Waals surface area contributed by atoms with Crippen molar-refractivity contribution in [3.8, 4) is 0 Å². The molecular weight excluding hydrogens is 463 g/mol. The molecule has 2 aliphatic rings. The minimum atomic E-state index is -4.41. The summed E-state index contributed by atoms with van der Waals surface area (Å²) in [5.74, 6) is -1.22. The lowest BCUT2D eigenvalue weighted by Crippen LogP contribution is -2.62. The van der Waals surface area contributed by atoms with Crippen LogP contribution in [0.5, 0.6) is 0 Å². The molecule has 35 heavy (non-hydrogen) atoms. The number of alkyl halides is 3. The zero-order chi connectivity index (χ0) is 25.6. The van der Waals surface area contributed by atoms with Crippen LogP contribution < -0.4 is 10.5 Å². The third kappa shape index (κ3) is 4.87. The molecule has 2 aromatic rings. The van der Waals surface area contributed by atoms with E-state index in [2.05, 4.69) is 9.97 Å². The molecule has 1 N–H and O–H groups in total. The number of hydrogen-bond acceptors (Lipinski definition) is 6. The Morgan fingerprint density at radius 1 is 1.26 bits per heavy atom. The van der Waals surface area contributed by atoms with Crippen LogP contribution >= 0.6 is 0 Å². The molecule has 1 saturated heterocycles. The number of nitrogens with zero attached hydrogens (tertiary/aromatic N) is 5. The summed E-state index contributed by atoms with van der Waals surface area (Å²) < 4.78 is 40.0. The second-order valence-electron chi connectivity index (χ2n) is 10.4. The Hall–Kier alpha value is -2.69. The summed E-state index contributed by atoms with van der Waals surface area (Å²) in [6, 6.07) is 1.72. The standard InChI is InChI=1S/C24H32F3N5O3/c1-16(12-24(25,26)27)19(33)32-11-9-23(35,22(14-32)7-4-5-8-22)15-31-10-6-18-17(20(31)34)13-28-21(29-18)30(2)3/h6,10,13,16,35H,4-5,7-9,11-12,14-15H2,1-3H3. The van der Waals surface area contributed by atoms with Gasteiger partial charge in [-0.25, -0.2) is 9.97 Å². The van der Waals surface area contributed by atoms with Gasteiger partial charge in [0.2, 0.25) is 11.9 Å². The van der Waals surface area contributed by atoms with Crippen molar-refractivity contribution in [3.63, 3.8) is 0 Å². The van der Waals surface area contributed by atoms with Crippen LogP contribution in [0.1, 0.15) is 45.4 Å². The summed E-state index contributed by atoms with van der Waals surface area (Å²) in [4.78, 5) is 37.9. The van der Waals surface area contributed by atoms with Gasteiger partial charge in [-0.3, -0.25) is 9.59 Å². The van der Waals surface area contributed by atoms with Crippen molar-refractivity contribution in [1.29, 1.82) is 0 Å². The Bertz CT molecular complexity index is 1160. The zero-order valence-corrected chi connectivity index (χ0v) is 20.3. The molecule has 1 spiro atoms. The molecule has 2 aromatic heterocycles. The highest BCUT2D eigenvalue weighted by Gasteiger charge is 2.56. The third-order valence-electron chi connectivity index (χ3n) is 7.65. The number of aromatic nitrogens is 3. The molecule has 192 valence electrons. The molecule has 11 heteroatoms. The summed E-state index contributed by atoms with van der Waals surface area (Å²) >= 11 is 0. The number of piperidine rings is 1. The zero-order valence-electron chi connectivity index (χ0n) is 20.3. The first-order valence-electron chi connectivity index (χ1n) is 12.0. The van der Waals surface area contributed by atoms with E-state index >= 15 is 0 Å². The highest BCUT2D eigenvalue weighted by Crippen LogP contribution is 2.51. The van der Waals surface area contributed by atoms with Gasteiger partial charge in [-0.05, 0) is 25.3 Å². The smallest absolute Gasteiger partial charge is 0.387 e. The minimum Gasteiger partial charge on any atom is -0.387 e. The fourth-order valence-electron chi connectivity index (χ4n) is 5.71. The second-order valence-corrected chi connectivity index (χ2v) is 10.4. The van der Waals surface area contributed by atoms with Gasteiger partial charge >= 0.3 is 6.18 Å². The van der Waals surface area contributed by atoms with Crippen molar-refractivity contribution in [2.45, 2.75) is 63.8 Å². The van der Waals surface area contributed by atoms with E-state index in [0.717, 1.165) is 12.8 Å². The van der Waals surface area contributed by atoms with Gasteiger partial charge in [-0.2, -0.15) is 13.2 Å². The molecule has 2 atom stereocenters. The summed E-state index contributed by atoms with van der Waals surface area (Å²) in [6.07, 6.45) is 0.728. The minimum absolute atomic E-state index is 0.0390. The lowest BCUT2D eigenvalue weighted by Gasteiger charge is -2.52. The van der Waals surface area contributed by atoms with Crippen molar-refractivity contribution in [1.82, 2.24) is 19.4 Å². The van der Waals surface area contributed by atoms with Crippen molar-refractivity contribution >= 4 is 22.8 Å². The molecule has 1 aliphatic heterocycles. The predicted octanol–water partition coefficient (Wildman–Crippen LogP) is 2.97. The molecule has 8 nitrogen and oxygen atoms in total. The normalized spacial score (nSPS) is 23.1. The van der Waals surface area contributed by atoms with Crippen LogP contribution in [-0.2, 0) is 11.3 Å². The molecule has 0 bridgehead atoms. The van der Waals surface area contributed by atoms with Gasteiger partial charge < -0.3 is 19.5 Å². The second kappa shape index (κ2) is 9.07. The maximum Gasteiger partial charge on any atom is 0.389 e. The average Bonchev–Trinajstić information content (AvgIpc) is 3.26. The van der Waals surface area contributed by atoms with Crippen LogP contribution in [0.4, 0.5) is 19.1 Å². The summed E-state index contributed by atoms with van der Waals surface area (Å²) in [7, 11) is 3.61. The number of rotatable bonds is 5. The van der Waals surface area contributed by atoms with Crippen LogP contribution in [-0.4, -0.2) is 69.4 Å². The van der Waals surface area contributed by atoms with Gasteiger partial charge in [-0.1, -0.05) is 19.8 Å². The van der Waals surface area contributed by atoms with Gasteiger partial charge in [-0.15, -0.1) is 0 Å². The Morgan fingerprint density at radius 3 is 2.57 bits per heavy atom. The van der Waals surface area contributed by atoms with Crippen LogP contribution in [0.25, 0.3) is 10.9 Å². The molecular formula is C24H32F3N5O3. The van der Waals surface area contributed by atoms with E-state index in [0.29, 0.717) is 29.7 Å². The highest BCUT2D eigenvalue weighted by molar-refractivity contribution is 5.79.